The van der Waals surface area contributed by atoms with Crippen LogP contribution in [-0.2, 0) is 16.1 Å². The Hall–Kier alpha value is -3.92. The maximum atomic E-state index is 13.4. The Bertz CT molecular complexity index is 1460. The van der Waals surface area contributed by atoms with E-state index >= 15 is 0 Å². The zero-order valence-corrected chi connectivity index (χ0v) is 20.9. The van der Waals surface area contributed by atoms with Crippen LogP contribution in [0.15, 0.2) is 53.3 Å². The van der Waals surface area contributed by atoms with E-state index in [9.17, 15) is 14.0 Å². The van der Waals surface area contributed by atoms with Crippen molar-refractivity contribution in [2.45, 2.75) is 39.3 Å². The van der Waals surface area contributed by atoms with Crippen molar-refractivity contribution >= 4 is 16.9 Å². The lowest BCUT2D eigenvalue weighted by Crippen LogP contribution is -2.42. The average molecular weight is 505 g/mol. The normalized spacial score (nSPS) is 15.6. The van der Waals surface area contributed by atoms with Crippen LogP contribution < -0.4 is 5.56 Å². The Morgan fingerprint density at radius 3 is 2.65 bits per heavy atom. The quantitative estimate of drug-likeness (QED) is 0.385. The van der Waals surface area contributed by atoms with Crippen molar-refractivity contribution in [3.63, 3.8) is 0 Å². The summed E-state index contributed by atoms with van der Waals surface area (Å²) in [6.45, 7) is 5.63. The minimum absolute atomic E-state index is 0.176. The highest BCUT2D eigenvalue weighted by atomic mass is 19.1. The molecule has 1 N–H and O–H groups in total. The number of nitrogens with zero attached hydrogens (tertiary/aromatic N) is 5. The van der Waals surface area contributed by atoms with E-state index in [2.05, 4.69) is 25.4 Å². The van der Waals surface area contributed by atoms with Crippen LogP contribution in [0.25, 0.3) is 10.9 Å². The van der Waals surface area contributed by atoms with Crippen LogP contribution in [0.4, 0.5) is 4.39 Å². The largest absolute Gasteiger partial charge is 0.466 e. The standard InChI is InChI=1S/C27H29FN6O3/c1-3-37-27(36)19-10-12-33(13-11-19)24(22-15-20-14-17(2)4-9-23(20)29-26(22)35)25-30-31-32-34(25)16-18-5-7-21(28)8-6-18/h4-9,14-15,19,24H,3,10-13,16H2,1-2H3,(H,29,35). The molecule has 0 saturated carbocycles. The maximum Gasteiger partial charge on any atom is 0.309 e. The van der Waals surface area contributed by atoms with Gasteiger partial charge in [-0.05, 0) is 78.4 Å². The molecule has 1 aliphatic heterocycles. The smallest absolute Gasteiger partial charge is 0.309 e. The topological polar surface area (TPSA) is 106 Å². The molecule has 1 unspecified atom stereocenters. The van der Waals surface area contributed by atoms with Crippen LogP contribution in [0.3, 0.4) is 0 Å². The molecule has 192 valence electrons. The summed E-state index contributed by atoms with van der Waals surface area (Å²) in [5.41, 5.74) is 2.98. The highest BCUT2D eigenvalue weighted by molar-refractivity contribution is 5.79. The number of pyridine rings is 1. The zero-order valence-electron chi connectivity index (χ0n) is 20.9. The number of nitrogens with one attached hydrogen (secondary N) is 1. The SMILES string of the molecule is CCOC(=O)C1CCN(C(c2cc3cc(C)ccc3[nH]c2=O)c2nnnn2Cc2ccc(F)cc2)CC1. The molecule has 5 rings (SSSR count). The molecule has 10 heteroatoms. The second kappa shape index (κ2) is 10.6. The van der Waals surface area contributed by atoms with Crippen molar-refractivity contribution in [3.05, 3.63) is 87.2 Å². The first-order chi connectivity index (χ1) is 17.9. The number of ether oxygens (including phenoxy) is 1. The third kappa shape index (κ3) is 5.29. The minimum atomic E-state index is -0.535. The molecule has 1 fully saturated rings. The zero-order chi connectivity index (χ0) is 25.9. The van der Waals surface area contributed by atoms with Crippen LogP contribution in [0.1, 0.15) is 48.3 Å². The molecule has 1 atom stereocenters. The Kier molecular flexibility index (Phi) is 7.09. The van der Waals surface area contributed by atoms with Crippen molar-refractivity contribution in [2.75, 3.05) is 19.7 Å². The number of aryl methyl sites for hydroxylation is 1. The Labute approximate surface area is 213 Å². The van der Waals surface area contributed by atoms with E-state index in [1.165, 1.54) is 12.1 Å². The first-order valence-corrected chi connectivity index (χ1v) is 12.5. The van der Waals surface area contributed by atoms with Gasteiger partial charge in [0.05, 0.1) is 19.1 Å². The molecule has 0 spiro atoms. The molecule has 1 saturated heterocycles. The van der Waals surface area contributed by atoms with Gasteiger partial charge in [-0.2, -0.15) is 0 Å². The lowest BCUT2D eigenvalue weighted by molar-refractivity contribution is -0.149. The number of piperidine rings is 1. The fraction of sp³-hybridized carbons (Fsp3) is 0.370. The number of aromatic nitrogens is 5. The van der Waals surface area contributed by atoms with Crippen molar-refractivity contribution in [1.82, 2.24) is 30.1 Å². The summed E-state index contributed by atoms with van der Waals surface area (Å²) in [5.74, 6) is -0.166. The lowest BCUT2D eigenvalue weighted by Gasteiger charge is -2.36. The number of halogens is 1. The van der Waals surface area contributed by atoms with Crippen LogP contribution in [0.2, 0.25) is 0 Å². The van der Waals surface area contributed by atoms with Gasteiger partial charge in [0.1, 0.15) is 11.9 Å². The number of hydrogen-bond acceptors (Lipinski definition) is 7. The fourth-order valence-electron chi connectivity index (χ4n) is 4.98. The number of carbonyl (C=O) groups excluding carboxylic acids is 1. The highest BCUT2D eigenvalue weighted by Gasteiger charge is 2.35. The van der Waals surface area contributed by atoms with E-state index < -0.39 is 6.04 Å². The summed E-state index contributed by atoms with van der Waals surface area (Å²) in [6.07, 6.45) is 1.22. The van der Waals surface area contributed by atoms with Crippen LogP contribution >= 0.6 is 0 Å². The van der Waals surface area contributed by atoms with Gasteiger partial charge in [0, 0.05) is 24.2 Å². The molecule has 0 bridgehead atoms. The summed E-state index contributed by atoms with van der Waals surface area (Å²) in [6, 6.07) is 13.4. The molecule has 0 radical (unpaired) electrons. The van der Waals surface area contributed by atoms with Gasteiger partial charge in [-0.3, -0.25) is 14.5 Å². The number of tetrazole rings is 1. The van der Waals surface area contributed by atoms with Crippen molar-refractivity contribution < 1.29 is 13.9 Å². The Morgan fingerprint density at radius 1 is 1.16 bits per heavy atom. The summed E-state index contributed by atoms with van der Waals surface area (Å²) < 4.78 is 20.3. The second-order valence-corrected chi connectivity index (χ2v) is 9.43. The summed E-state index contributed by atoms with van der Waals surface area (Å²) in [7, 11) is 0. The van der Waals surface area contributed by atoms with E-state index in [0.29, 0.717) is 50.5 Å². The number of aromatic amines is 1. The lowest BCUT2D eigenvalue weighted by atomic mass is 9.93. The average Bonchev–Trinajstić information content (AvgIpc) is 3.34. The van der Waals surface area contributed by atoms with Gasteiger partial charge in [-0.15, -0.1) is 5.10 Å². The van der Waals surface area contributed by atoms with E-state index in [4.69, 9.17) is 4.74 Å². The summed E-state index contributed by atoms with van der Waals surface area (Å²) in [5, 5.41) is 13.4. The number of benzene rings is 2. The molecule has 37 heavy (non-hydrogen) atoms. The van der Waals surface area contributed by atoms with E-state index in [1.807, 2.05) is 31.2 Å². The molecular weight excluding hydrogens is 475 g/mol. The summed E-state index contributed by atoms with van der Waals surface area (Å²) >= 11 is 0. The van der Waals surface area contributed by atoms with E-state index in [0.717, 1.165) is 22.0 Å². The maximum absolute atomic E-state index is 13.4. The van der Waals surface area contributed by atoms with Crippen LogP contribution in [0, 0.1) is 18.7 Å². The number of hydrogen-bond donors (Lipinski definition) is 1. The van der Waals surface area contributed by atoms with Gasteiger partial charge in [-0.1, -0.05) is 23.8 Å². The summed E-state index contributed by atoms with van der Waals surface area (Å²) in [4.78, 5) is 30.9. The van der Waals surface area contributed by atoms with Gasteiger partial charge >= 0.3 is 5.97 Å². The van der Waals surface area contributed by atoms with Crippen LogP contribution in [-0.4, -0.2) is 55.8 Å². The van der Waals surface area contributed by atoms with Crippen molar-refractivity contribution in [1.29, 1.82) is 0 Å². The molecule has 1 aliphatic rings. The number of rotatable bonds is 7. The molecule has 9 nitrogen and oxygen atoms in total. The third-order valence-electron chi connectivity index (χ3n) is 6.89. The second-order valence-electron chi connectivity index (χ2n) is 9.43. The predicted molar refractivity (Wildman–Crippen MR) is 135 cm³/mol. The fourth-order valence-corrected chi connectivity index (χ4v) is 4.98. The molecular formula is C27H29FN6O3. The molecule has 3 heterocycles. The Balaban J connectivity index is 1.54. The minimum Gasteiger partial charge on any atom is -0.466 e. The Morgan fingerprint density at radius 2 is 1.92 bits per heavy atom. The number of likely N-dealkylation sites (tertiary alicyclic amines) is 1. The molecule has 0 amide bonds. The van der Waals surface area contributed by atoms with Gasteiger partial charge in [-0.25, -0.2) is 9.07 Å². The van der Waals surface area contributed by atoms with Gasteiger partial charge in [0.25, 0.3) is 5.56 Å². The number of H-pyrrole nitrogens is 1. The van der Waals surface area contributed by atoms with E-state index in [1.54, 1.807) is 23.7 Å². The van der Waals surface area contributed by atoms with Crippen molar-refractivity contribution in [3.8, 4) is 0 Å². The molecule has 4 aromatic rings. The monoisotopic (exact) mass is 504 g/mol. The highest BCUT2D eigenvalue weighted by Crippen LogP contribution is 2.31. The predicted octanol–water partition coefficient (Wildman–Crippen LogP) is 3.37. The number of carbonyl (C=O) groups is 1. The van der Waals surface area contributed by atoms with Gasteiger partial charge in [0.2, 0.25) is 0 Å². The molecule has 2 aromatic heterocycles. The first kappa shape index (κ1) is 24.8. The number of esters is 1. The van der Waals surface area contributed by atoms with E-state index in [-0.39, 0.29) is 23.3 Å². The van der Waals surface area contributed by atoms with Crippen molar-refractivity contribution in [2.24, 2.45) is 5.92 Å². The third-order valence-corrected chi connectivity index (χ3v) is 6.89. The van der Waals surface area contributed by atoms with Gasteiger partial charge in [0.15, 0.2) is 5.82 Å². The van der Waals surface area contributed by atoms with Gasteiger partial charge < -0.3 is 9.72 Å². The number of fused-ring (bicyclic) bond motifs is 1. The molecule has 2 aromatic carbocycles. The first-order valence-electron chi connectivity index (χ1n) is 12.5. The molecule has 0 aliphatic carbocycles. The van der Waals surface area contributed by atoms with Crippen LogP contribution in [0.5, 0.6) is 0 Å².